The van der Waals surface area contributed by atoms with E-state index < -0.39 is 0 Å². The molecule has 0 unspecified atom stereocenters. The monoisotopic (exact) mass is 423 g/mol. The van der Waals surface area contributed by atoms with Crippen LogP contribution < -0.4 is 5.32 Å². The first-order valence-corrected chi connectivity index (χ1v) is 10.5. The van der Waals surface area contributed by atoms with Gasteiger partial charge in [0.05, 0.1) is 5.69 Å². The summed E-state index contributed by atoms with van der Waals surface area (Å²) in [6.45, 7) is 1.85. The van der Waals surface area contributed by atoms with Crippen LogP contribution in [0.4, 0.5) is 5.69 Å². The average Bonchev–Trinajstić information content (AvgIpc) is 3.24. The number of hydrogen-bond acceptors (Lipinski definition) is 6. The molecule has 0 saturated heterocycles. The fraction of sp³-hybridized carbons (Fsp3) is 0.0417. The average molecular weight is 424 g/mol. The fourth-order valence-electron chi connectivity index (χ4n) is 3.25. The molecule has 0 saturated carbocycles. The Morgan fingerprint density at radius 1 is 0.903 bits per heavy atom. The topological polar surface area (TPSA) is 80.7 Å². The van der Waals surface area contributed by atoms with Crippen LogP contribution in [0, 0.1) is 6.92 Å². The molecule has 0 aliphatic rings. The van der Waals surface area contributed by atoms with Gasteiger partial charge >= 0.3 is 0 Å². The van der Waals surface area contributed by atoms with Gasteiger partial charge in [-0.3, -0.25) is 4.79 Å². The van der Waals surface area contributed by atoms with Gasteiger partial charge in [0.2, 0.25) is 0 Å². The van der Waals surface area contributed by atoms with Crippen LogP contribution >= 0.6 is 11.3 Å². The van der Waals surface area contributed by atoms with Crippen molar-refractivity contribution in [2.75, 3.05) is 5.32 Å². The second-order valence-electron chi connectivity index (χ2n) is 6.93. The second kappa shape index (κ2) is 8.04. The van der Waals surface area contributed by atoms with Crippen LogP contribution in [0.5, 0.6) is 0 Å². The van der Waals surface area contributed by atoms with Gasteiger partial charge < -0.3 is 5.32 Å². The summed E-state index contributed by atoms with van der Waals surface area (Å²) in [4.78, 5) is 31.9. The molecule has 3 aromatic heterocycles. The first-order valence-electron chi connectivity index (χ1n) is 9.71. The summed E-state index contributed by atoms with van der Waals surface area (Å²) in [6.07, 6.45) is 1.75. The summed E-state index contributed by atoms with van der Waals surface area (Å²) < 4.78 is 0. The van der Waals surface area contributed by atoms with E-state index >= 15 is 0 Å². The van der Waals surface area contributed by atoms with Gasteiger partial charge in [0.25, 0.3) is 5.91 Å². The molecule has 150 valence electrons. The summed E-state index contributed by atoms with van der Waals surface area (Å²) in [5.74, 6) is 0.227. The maximum absolute atomic E-state index is 13.1. The standard InChI is InChI=1S/C24H17N5OS/c1-15-14-20(27-21(26-15)16-8-3-2-4-9-16)22(30)28-18-11-6-5-10-17(18)23-29-19-12-7-13-25-24(19)31-23/h2-14H,1H3,(H,28,30). The number of thiazole rings is 1. The van der Waals surface area contributed by atoms with Gasteiger partial charge in [-0.1, -0.05) is 53.8 Å². The lowest BCUT2D eigenvalue weighted by atomic mass is 10.1. The van der Waals surface area contributed by atoms with Crippen molar-refractivity contribution in [3.63, 3.8) is 0 Å². The number of aryl methyl sites for hydroxylation is 1. The van der Waals surface area contributed by atoms with Crippen LogP contribution in [0.2, 0.25) is 0 Å². The SMILES string of the molecule is Cc1cc(C(=O)Nc2ccccc2-c2nc3cccnc3s2)nc(-c2ccccc2)n1. The number of rotatable bonds is 4. The Balaban J connectivity index is 1.49. The molecule has 7 heteroatoms. The van der Waals surface area contributed by atoms with E-state index in [9.17, 15) is 4.79 Å². The summed E-state index contributed by atoms with van der Waals surface area (Å²) >= 11 is 1.49. The van der Waals surface area contributed by atoms with Crippen molar-refractivity contribution in [3.8, 4) is 22.0 Å². The van der Waals surface area contributed by atoms with Crippen LogP contribution in [0.15, 0.2) is 79.0 Å². The van der Waals surface area contributed by atoms with Gasteiger partial charge in [0, 0.05) is 23.0 Å². The fourth-order valence-corrected chi connectivity index (χ4v) is 4.20. The number of amides is 1. The van der Waals surface area contributed by atoms with Crippen molar-refractivity contribution >= 4 is 33.3 Å². The van der Waals surface area contributed by atoms with Crippen molar-refractivity contribution in [1.82, 2.24) is 19.9 Å². The quantitative estimate of drug-likeness (QED) is 0.420. The Morgan fingerprint density at radius 2 is 1.71 bits per heavy atom. The number of nitrogens with zero attached hydrogens (tertiary/aromatic N) is 4. The van der Waals surface area contributed by atoms with Gasteiger partial charge in [-0.2, -0.15) is 0 Å². The largest absolute Gasteiger partial charge is 0.320 e. The summed E-state index contributed by atoms with van der Waals surface area (Å²) in [5.41, 5.74) is 4.25. The smallest absolute Gasteiger partial charge is 0.274 e. The third-order valence-electron chi connectivity index (χ3n) is 4.69. The zero-order valence-electron chi connectivity index (χ0n) is 16.6. The minimum atomic E-state index is -0.297. The Hall–Kier alpha value is -3.97. The van der Waals surface area contributed by atoms with Crippen molar-refractivity contribution in [1.29, 1.82) is 0 Å². The lowest BCUT2D eigenvalue weighted by Gasteiger charge is -2.10. The number of carbonyl (C=O) groups is 1. The number of aromatic nitrogens is 4. The van der Waals surface area contributed by atoms with E-state index in [1.54, 1.807) is 12.3 Å². The zero-order chi connectivity index (χ0) is 21.2. The highest BCUT2D eigenvalue weighted by molar-refractivity contribution is 7.21. The van der Waals surface area contributed by atoms with Crippen molar-refractivity contribution < 1.29 is 4.79 Å². The van der Waals surface area contributed by atoms with Gasteiger partial charge in [-0.15, -0.1) is 0 Å². The van der Waals surface area contributed by atoms with E-state index in [1.165, 1.54) is 11.3 Å². The Kier molecular flexibility index (Phi) is 4.93. The van der Waals surface area contributed by atoms with E-state index in [4.69, 9.17) is 0 Å². The van der Waals surface area contributed by atoms with Crippen LogP contribution in [0.1, 0.15) is 16.2 Å². The Labute approximate surface area is 182 Å². The van der Waals surface area contributed by atoms with Crippen LogP contribution in [-0.4, -0.2) is 25.8 Å². The zero-order valence-corrected chi connectivity index (χ0v) is 17.4. The number of anilines is 1. The predicted octanol–water partition coefficient (Wildman–Crippen LogP) is 5.38. The van der Waals surface area contributed by atoms with Crippen molar-refractivity contribution in [3.05, 3.63) is 90.4 Å². The molecule has 0 bridgehead atoms. The Bertz CT molecular complexity index is 1360. The maximum atomic E-state index is 13.1. The van der Waals surface area contributed by atoms with Crippen LogP contribution in [0.25, 0.3) is 32.3 Å². The molecule has 1 amide bonds. The summed E-state index contributed by atoms with van der Waals surface area (Å²) in [5, 5.41) is 3.79. The molecule has 0 radical (unpaired) electrons. The number of para-hydroxylation sites is 1. The van der Waals surface area contributed by atoms with E-state index in [1.807, 2.05) is 73.7 Å². The second-order valence-corrected chi connectivity index (χ2v) is 7.91. The molecule has 31 heavy (non-hydrogen) atoms. The van der Waals surface area contributed by atoms with Gasteiger partial charge in [-0.25, -0.2) is 19.9 Å². The molecule has 3 heterocycles. The van der Waals surface area contributed by atoms with Crippen molar-refractivity contribution in [2.24, 2.45) is 0 Å². The minimum absolute atomic E-state index is 0.297. The van der Waals surface area contributed by atoms with E-state index in [2.05, 4.69) is 25.3 Å². The molecule has 0 fully saturated rings. The number of benzene rings is 2. The lowest BCUT2D eigenvalue weighted by Crippen LogP contribution is -2.15. The van der Waals surface area contributed by atoms with Gasteiger partial charge in [0.1, 0.15) is 21.0 Å². The molecular formula is C24H17N5OS. The molecule has 1 N–H and O–H groups in total. The number of nitrogens with one attached hydrogen (secondary N) is 1. The summed E-state index contributed by atoms with van der Waals surface area (Å²) in [7, 11) is 0. The molecule has 2 aromatic carbocycles. The molecule has 0 aliphatic carbocycles. The predicted molar refractivity (Wildman–Crippen MR) is 123 cm³/mol. The molecule has 6 nitrogen and oxygen atoms in total. The highest BCUT2D eigenvalue weighted by atomic mass is 32.1. The Morgan fingerprint density at radius 3 is 2.55 bits per heavy atom. The van der Waals surface area contributed by atoms with Gasteiger partial charge in [-0.05, 0) is 37.3 Å². The molecule has 5 rings (SSSR count). The molecule has 0 atom stereocenters. The van der Waals surface area contributed by atoms with E-state index in [-0.39, 0.29) is 5.91 Å². The molecular weight excluding hydrogens is 406 g/mol. The van der Waals surface area contributed by atoms with E-state index in [0.29, 0.717) is 17.2 Å². The first-order chi connectivity index (χ1) is 15.2. The lowest BCUT2D eigenvalue weighted by molar-refractivity contribution is 0.102. The highest BCUT2D eigenvalue weighted by Crippen LogP contribution is 2.33. The van der Waals surface area contributed by atoms with E-state index in [0.717, 1.165) is 32.2 Å². The molecule has 0 aliphatic heterocycles. The molecule has 0 spiro atoms. The number of carbonyl (C=O) groups excluding carboxylic acids is 1. The van der Waals surface area contributed by atoms with Crippen molar-refractivity contribution in [2.45, 2.75) is 6.92 Å². The normalized spacial score (nSPS) is 10.9. The van der Waals surface area contributed by atoms with Crippen LogP contribution in [0.3, 0.4) is 0 Å². The third-order valence-corrected chi connectivity index (χ3v) is 5.70. The number of fused-ring (bicyclic) bond motifs is 1. The third kappa shape index (κ3) is 3.91. The minimum Gasteiger partial charge on any atom is -0.320 e. The molecule has 5 aromatic rings. The first kappa shape index (κ1) is 19.0. The summed E-state index contributed by atoms with van der Waals surface area (Å²) in [6, 6.07) is 22.7. The van der Waals surface area contributed by atoms with Crippen LogP contribution in [-0.2, 0) is 0 Å². The highest BCUT2D eigenvalue weighted by Gasteiger charge is 2.16. The number of hydrogen-bond donors (Lipinski definition) is 1. The maximum Gasteiger partial charge on any atom is 0.274 e. The van der Waals surface area contributed by atoms with Gasteiger partial charge in [0.15, 0.2) is 5.82 Å². The number of pyridine rings is 1.